The fraction of sp³-hybridized carbons (Fsp3) is 0.538. The highest BCUT2D eigenvalue weighted by Crippen LogP contribution is 2.18. The Bertz CT molecular complexity index is 306. The molecule has 0 saturated carbocycles. The molecular formula is C13H19NO. The molecule has 0 aliphatic heterocycles. The summed E-state index contributed by atoms with van der Waals surface area (Å²) in [5.41, 5.74) is 1.26. The highest BCUT2D eigenvalue weighted by molar-refractivity contribution is 5.78. The molecule has 1 unspecified atom stereocenters. The van der Waals surface area contributed by atoms with E-state index in [-0.39, 0.29) is 5.92 Å². The van der Waals surface area contributed by atoms with Gasteiger partial charge in [0.25, 0.3) is 0 Å². The van der Waals surface area contributed by atoms with Crippen molar-refractivity contribution in [2.24, 2.45) is 11.8 Å². The van der Waals surface area contributed by atoms with Gasteiger partial charge in [0.15, 0.2) is 0 Å². The number of carbonyl (C=O) groups is 1. The molecule has 0 radical (unpaired) electrons. The maximum atomic E-state index is 11.4. The lowest BCUT2D eigenvalue weighted by atomic mass is 9.87. The Labute approximate surface area is 91.7 Å². The lowest BCUT2D eigenvalue weighted by Crippen LogP contribution is -2.18. The van der Waals surface area contributed by atoms with Gasteiger partial charge < -0.3 is 0 Å². The molecule has 0 fully saturated rings. The van der Waals surface area contributed by atoms with Crippen molar-refractivity contribution in [2.75, 3.05) is 0 Å². The van der Waals surface area contributed by atoms with Crippen LogP contribution in [0.4, 0.5) is 0 Å². The molecule has 0 aromatic carbocycles. The zero-order chi connectivity index (χ0) is 11.3. The van der Waals surface area contributed by atoms with Crippen LogP contribution in [0.3, 0.4) is 0 Å². The third-order valence-electron chi connectivity index (χ3n) is 2.82. The van der Waals surface area contributed by atoms with Crippen LogP contribution in [0.1, 0.15) is 32.8 Å². The fourth-order valence-corrected chi connectivity index (χ4v) is 1.88. The summed E-state index contributed by atoms with van der Waals surface area (Å²) >= 11 is 0. The van der Waals surface area contributed by atoms with Gasteiger partial charge in [-0.25, -0.2) is 0 Å². The fourth-order valence-electron chi connectivity index (χ4n) is 1.88. The number of nitrogens with zero attached hydrogens (tertiary/aromatic N) is 1. The number of aryl methyl sites for hydroxylation is 1. The summed E-state index contributed by atoms with van der Waals surface area (Å²) < 4.78 is 0. The number of pyridine rings is 1. The van der Waals surface area contributed by atoms with Crippen molar-refractivity contribution in [3.63, 3.8) is 0 Å². The molecule has 2 heteroatoms. The summed E-state index contributed by atoms with van der Waals surface area (Å²) in [5, 5.41) is 0. The Balaban J connectivity index is 2.51. The van der Waals surface area contributed by atoms with Crippen molar-refractivity contribution >= 4 is 5.78 Å². The minimum atomic E-state index is 0.193. The van der Waals surface area contributed by atoms with Crippen LogP contribution in [0.5, 0.6) is 0 Å². The minimum Gasteiger partial charge on any atom is -0.300 e. The molecule has 0 N–H and O–H groups in total. The van der Waals surface area contributed by atoms with Crippen LogP contribution in [0, 0.1) is 11.8 Å². The minimum absolute atomic E-state index is 0.193. The van der Waals surface area contributed by atoms with Crippen molar-refractivity contribution in [2.45, 2.75) is 33.6 Å². The molecule has 0 aliphatic rings. The summed E-state index contributed by atoms with van der Waals surface area (Å²) in [6.07, 6.45) is 5.50. The number of aromatic nitrogens is 1. The van der Waals surface area contributed by atoms with Crippen molar-refractivity contribution in [3.8, 4) is 0 Å². The molecule has 1 aromatic rings. The van der Waals surface area contributed by atoms with Gasteiger partial charge in [0.05, 0.1) is 0 Å². The molecule has 0 saturated heterocycles. The smallest absolute Gasteiger partial charge is 0.133 e. The second kappa shape index (κ2) is 5.64. The first-order valence-corrected chi connectivity index (χ1v) is 5.50. The number of ketones is 1. The van der Waals surface area contributed by atoms with Crippen LogP contribution < -0.4 is 0 Å². The number of rotatable bonds is 5. The molecule has 15 heavy (non-hydrogen) atoms. The van der Waals surface area contributed by atoms with E-state index in [1.54, 1.807) is 19.3 Å². The van der Waals surface area contributed by atoms with Crippen molar-refractivity contribution in [1.29, 1.82) is 0 Å². The monoisotopic (exact) mass is 205 g/mol. The number of carbonyl (C=O) groups excluding carboxylic acids is 1. The molecule has 1 heterocycles. The van der Waals surface area contributed by atoms with Gasteiger partial charge in [-0.15, -0.1) is 0 Å². The predicted octanol–water partition coefficient (Wildman–Crippen LogP) is 2.88. The van der Waals surface area contributed by atoms with Crippen molar-refractivity contribution < 1.29 is 4.79 Å². The summed E-state index contributed by atoms with van der Waals surface area (Å²) in [7, 11) is 0. The molecule has 2 nitrogen and oxygen atoms in total. The first-order chi connectivity index (χ1) is 7.11. The van der Waals surface area contributed by atoms with Gasteiger partial charge in [-0.05, 0) is 43.4 Å². The zero-order valence-corrected chi connectivity index (χ0v) is 9.73. The molecular weight excluding hydrogens is 186 g/mol. The summed E-state index contributed by atoms with van der Waals surface area (Å²) in [6, 6.07) is 4.02. The molecule has 1 atom stereocenters. The lowest BCUT2D eigenvalue weighted by Gasteiger charge is -2.17. The molecule has 1 rings (SSSR count). The number of hydrogen-bond donors (Lipinski definition) is 0. The van der Waals surface area contributed by atoms with Gasteiger partial charge in [-0.2, -0.15) is 0 Å². The van der Waals surface area contributed by atoms with E-state index >= 15 is 0 Å². The highest BCUT2D eigenvalue weighted by atomic mass is 16.1. The molecule has 0 bridgehead atoms. The van der Waals surface area contributed by atoms with Gasteiger partial charge >= 0.3 is 0 Å². The van der Waals surface area contributed by atoms with Crippen LogP contribution >= 0.6 is 0 Å². The van der Waals surface area contributed by atoms with Crippen molar-refractivity contribution in [1.82, 2.24) is 4.98 Å². The summed E-state index contributed by atoms with van der Waals surface area (Å²) in [6.45, 7) is 5.91. The van der Waals surface area contributed by atoms with Crippen LogP contribution in [0.2, 0.25) is 0 Å². The van der Waals surface area contributed by atoms with Crippen LogP contribution in [0.15, 0.2) is 24.5 Å². The second-order valence-electron chi connectivity index (χ2n) is 4.36. The molecule has 82 valence electrons. The first-order valence-electron chi connectivity index (χ1n) is 5.50. The number of hydrogen-bond acceptors (Lipinski definition) is 2. The average Bonchev–Trinajstić information content (AvgIpc) is 2.18. The van der Waals surface area contributed by atoms with Crippen LogP contribution in [-0.2, 0) is 11.2 Å². The van der Waals surface area contributed by atoms with Gasteiger partial charge in [0.2, 0.25) is 0 Å². The normalized spacial score (nSPS) is 12.8. The van der Waals surface area contributed by atoms with E-state index in [1.807, 2.05) is 12.1 Å². The Morgan fingerprint density at radius 3 is 2.40 bits per heavy atom. The van der Waals surface area contributed by atoms with Crippen molar-refractivity contribution in [3.05, 3.63) is 30.1 Å². The van der Waals surface area contributed by atoms with Crippen LogP contribution in [-0.4, -0.2) is 10.8 Å². The van der Waals surface area contributed by atoms with Gasteiger partial charge in [-0.1, -0.05) is 13.8 Å². The summed E-state index contributed by atoms with van der Waals surface area (Å²) in [4.78, 5) is 15.4. The number of Topliss-reactive ketones (excluding diaryl/α,β-unsaturated/α-hetero) is 1. The maximum Gasteiger partial charge on any atom is 0.133 e. The second-order valence-corrected chi connectivity index (χ2v) is 4.36. The molecule has 0 aliphatic carbocycles. The SMILES string of the molecule is CC(=O)C(CCc1ccncc1)C(C)C. The van der Waals surface area contributed by atoms with E-state index in [9.17, 15) is 4.79 Å². The first kappa shape index (κ1) is 11.9. The Morgan fingerprint density at radius 2 is 1.93 bits per heavy atom. The zero-order valence-electron chi connectivity index (χ0n) is 9.73. The van der Waals surface area contributed by atoms with Crippen LogP contribution in [0.25, 0.3) is 0 Å². The lowest BCUT2D eigenvalue weighted by molar-refractivity contribution is -0.122. The Morgan fingerprint density at radius 1 is 1.33 bits per heavy atom. The maximum absolute atomic E-state index is 11.4. The van der Waals surface area contributed by atoms with Gasteiger partial charge in [0, 0.05) is 18.3 Å². The largest absolute Gasteiger partial charge is 0.300 e. The Hall–Kier alpha value is -1.18. The van der Waals surface area contributed by atoms with E-state index in [1.165, 1.54) is 5.56 Å². The van der Waals surface area contributed by atoms with E-state index in [4.69, 9.17) is 0 Å². The topological polar surface area (TPSA) is 30.0 Å². The third-order valence-corrected chi connectivity index (χ3v) is 2.82. The van der Waals surface area contributed by atoms with E-state index in [0.29, 0.717) is 11.7 Å². The standard InChI is InChI=1S/C13H19NO/c1-10(2)13(11(3)15)5-4-12-6-8-14-9-7-12/h6-10,13H,4-5H2,1-3H3. The average molecular weight is 205 g/mol. The third kappa shape index (κ3) is 3.82. The Kier molecular flexibility index (Phi) is 4.47. The van der Waals surface area contributed by atoms with Gasteiger partial charge in [-0.3, -0.25) is 9.78 Å². The van der Waals surface area contributed by atoms with Gasteiger partial charge in [0.1, 0.15) is 5.78 Å². The predicted molar refractivity (Wildman–Crippen MR) is 61.6 cm³/mol. The summed E-state index contributed by atoms with van der Waals surface area (Å²) in [5.74, 6) is 0.932. The quantitative estimate of drug-likeness (QED) is 0.739. The molecule has 0 amide bonds. The van der Waals surface area contributed by atoms with E-state index in [2.05, 4.69) is 18.8 Å². The molecule has 0 spiro atoms. The van der Waals surface area contributed by atoms with E-state index < -0.39 is 0 Å². The highest BCUT2D eigenvalue weighted by Gasteiger charge is 2.17. The molecule has 1 aromatic heterocycles. The van der Waals surface area contributed by atoms with E-state index in [0.717, 1.165) is 12.8 Å².